The molecule has 0 heterocycles. The van der Waals surface area contributed by atoms with E-state index in [4.69, 9.17) is 28.4 Å². The van der Waals surface area contributed by atoms with Crippen LogP contribution in [0.4, 0.5) is 65.9 Å². The maximum atomic E-state index is 16.9. The Morgan fingerprint density at radius 2 is 0.338 bits per heavy atom. The molecule has 0 fully saturated rings. The van der Waals surface area contributed by atoms with Crippen LogP contribution in [-0.2, 0) is 0 Å². The number of hydrogen-bond acceptors (Lipinski definition) is 6. The molecule has 374 valence electrons. The van der Waals surface area contributed by atoms with Crippen LogP contribution in [-0.4, -0.2) is 42.7 Å². The highest BCUT2D eigenvalue weighted by atomic mass is 19.2. The number of methoxy groups -OCH3 is 6. The Morgan fingerprint density at radius 1 is 0.197 bits per heavy atom. The predicted molar refractivity (Wildman–Crippen MR) is 229 cm³/mol. The van der Waals surface area contributed by atoms with Gasteiger partial charge in [-0.05, 0) is 69.8 Å². The minimum atomic E-state index is -2.83. The van der Waals surface area contributed by atoms with E-state index in [9.17, 15) is 0 Å². The second-order valence-electron chi connectivity index (χ2n) is 14.4. The molecule has 7 rings (SSSR count). The van der Waals surface area contributed by atoms with Crippen LogP contribution < -0.4 is 28.4 Å². The molecule has 0 amide bonds. The summed E-state index contributed by atoms with van der Waals surface area (Å²) in [6.07, 6.45) is 0. The van der Waals surface area contributed by atoms with Crippen molar-refractivity contribution < 1.29 is 94.3 Å². The maximum absolute atomic E-state index is 16.9. The van der Waals surface area contributed by atoms with Crippen molar-refractivity contribution in [3.8, 4) is 101 Å². The fourth-order valence-electron chi connectivity index (χ4n) is 7.69. The molecule has 0 aliphatic rings. The molecule has 0 aromatic heterocycles. The molecule has 71 heavy (non-hydrogen) atoms. The number of ether oxygens (including phenoxy) is 6. The van der Waals surface area contributed by atoms with Gasteiger partial charge in [0.1, 0.15) is 34.5 Å². The second kappa shape index (κ2) is 20.7. The molecule has 7 aromatic rings. The van der Waals surface area contributed by atoms with Gasteiger partial charge in [-0.15, -0.1) is 0 Å². The minimum absolute atomic E-state index is 0.367. The lowest BCUT2D eigenvalue weighted by molar-refractivity contribution is 0.381. The van der Waals surface area contributed by atoms with Crippen molar-refractivity contribution in [2.75, 3.05) is 42.7 Å². The van der Waals surface area contributed by atoms with E-state index < -0.39 is 154 Å². The van der Waals surface area contributed by atoms with Crippen molar-refractivity contribution >= 4 is 0 Å². The molecule has 0 aliphatic carbocycles. The van der Waals surface area contributed by atoms with Crippen LogP contribution in [0.25, 0.3) is 66.8 Å². The molecule has 0 bridgehead atoms. The monoisotopic (exact) mass is 1010 g/mol. The predicted octanol–water partition coefficient (Wildman–Crippen LogP) is 14.9. The molecular formula is C50H33F15O6. The van der Waals surface area contributed by atoms with Crippen LogP contribution in [0.5, 0.6) is 34.5 Å². The molecule has 0 unspecified atom stereocenters. The standard InChI is InChI=1S/C48H27F15O6.C2H6/c1-64-19-7-16(8-20(13-19)65-2)25-28(31-34(49)40(55)46(61)41(56)35(31)50)26(17-9-21(66-3)14-22(10-17)67-4)30(33-38(53)44(59)48(63)45(60)39(33)54)27(18-11-23(68-5)15-24(12-18)69-6)29(25)32-36(51)42(57)47(62)43(58)37(32)52;1-2/h7-15H,1-6H3;1-2H3. The normalized spacial score (nSPS) is 11.0. The Balaban J connectivity index is 0.00000407. The van der Waals surface area contributed by atoms with E-state index in [0.717, 1.165) is 97.3 Å². The van der Waals surface area contributed by atoms with E-state index in [1.54, 1.807) is 0 Å². The summed E-state index contributed by atoms with van der Waals surface area (Å²) < 4.78 is 273. The highest BCUT2D eigenvalue weighted by Crippen LogP contribution is 2.60. The van der Waals surface area contributed by atoms with Gasteiger partial charge < -0.3 is 28.4 Å². The first-order chi connectivity index (χ1) is 33.7. The smallest absolute Gasteiger partial charge is 0.200 e. The maximum Gasteiger partial charge on any atom is 0.200 e. The molecule has 21 heteroatoms. The van der Waals surface area contributed by atoms with E-state index in [1.807, 2.05) is 13.8 Å². The molecule has 0 N–H and O–H groups in total. The zero-order valence-corrected chi connectivity index (χ0v) is 37.8. The Bertz CT molecular complexity index is 2750. The van der Waals surface area contributed by atoms with Crippen LogP contribution >= 0.6 is 0 Å². The van der Waals surface area contributed by atoms with E-state index in [1.165, 1.54) is 0 Å². The first-order valence-corrected chi connectivity index (χ1v) is 20.2. The third kappa shape index (κ3) is 8.81. The summed E-state index contributed by atoms with van der Waals surface area (Å²) in [6, 6.07) is 8.35. The third-order valence-corrected chi connectivity index (χ3v) is 10.8. The molecule has 0 saturated heterocycles. The van der Waals surface area contributed by atoms with Gasteiger partial charge >= 0.3 is 0 Å². The molecule has 0 atom stereocenters. The number of hydrogen-bond donors (Lipinski definition) is 0. The van der Waals surface area contributed by atoms with Crippen LogP contribution in [0.2, 0.25) is 0 Å². The van der Waals surface area contributed by atoms with Gasteiger partial charge in [0.25, 0.3) is 0 Å². The zero-order chi connectivity index (χ0) is 52.7. The Morgan fingerprint density at radius 3 is 0.479 bits per heavy atom. The van der Waals surface area contributed by atoms with Crippen LogP contribution in [0.15, 0.2) is 54.6 Å². The second-order valence-corrected chi connectivity index (χ2v) is 14.4. The zero-order valence-electron chi connectivity index (χ0n) is 37.8. The first-order valence-electron chi connectivity index (χ1n) is 20.2. The molecule has 0 saturated carbocycles. The lowest BCUT2D eigenvalue weighted by atomic mass is 9.73. The molecular weight excluding hydrogens is 982 g/mol. The first kappa shape index (κ1) is 52.7. The fourth-order valence-corrected chi connectivity index (χ4v) is 7.69. The average Bonchev–Trinajstić information content (AvgIpc) is 3.39. The van der Waals surface area contributed by atoms with E-state index >= 15 is 65.9 Å². The van der Waals surface area contributed by atoms with Crippen molar-refractivity contribution in [1.29, 1.82) is 0 Å². The van der Waals surface area contributed by atoms with Gasteiger partial charge in [-0.25, -0.2) is 65.9 Å². The van der Waals surface area contributed by atoms with Crippen LogP contribution in [0, 0.1) is 87.3 Å². The summed E-state index contributed by atoms with van der Waals surface area (Å²) in [7, 11) is 6.10. The highest BCUT2D eigenvalue weighted by Gasteiger charge is 2.41. The van der Waals surface area contributed by atoms with Crippen molar-refractivity contribution in [1.82, 2.24) is 0 Å². The largest absolute Gasteiger partial charge is 0.497 e. The van der Waals surface area contributed by atoms with Crippen LogP contribution in [0.3, 0.4) is 0 Å². The van der Waals surface area contributed by atoms with Gasteiger partial charge in [0.15, 0.2) is 69.8 Å². The van der Waals surface area contributed by atoms with Gasteiger partial charge in [0, 0.05) is 34.9 Å². The lowest BCUT2D eigenvalue weighted by Gasteiger charge is -2.30. The van der Waals surface area contributed by atoms with Crippen molar-refractivity contribution in [3.05, 3.63) is 142 Å². The molecule has 0 spiro atoms. The summed E-state index contributed by atoms with van der Waals surface area (Å²) in [4.78, 5) is 0. The summed E-state index contributed by atoms with van der Waals surface area (Å²) in [6.45, 7) is 4.00. The molecule has 0 radical (unpaired) electrons. The Hall–Kier alpha value is -7.71. The van der Waals surface area contributed by atoms with Crippen molar-refractivity contribution in [3.63, 3.8) is 0 Å². The third-order valence-electron chi connectivity index (χ3n) is 10.8. The van der Waals surface area contributed by atoms with E-state index in [2.05, 4.69) is 0 Å². The summed E-state index contributed by atoms with van der Waals surface area (Å²) in [5.74, 6) is -44.0. The van der Waals surface area contributed by atoms with Crippen molar-refractivity contribution in [2.45, 2.75) is 13.8 Å². The highest BCUT2D eigenvalue weighted by molar-refractivity contribution is 6.16. The Kier molecular flexibility index (Phi) is 15.4. The lowest BCUT2D eigenvalue weighted by Crippen LogP contribution is -2.12. The van der Waals surface area contributed by atoms with Gasteiger partial charge in [-0.2, -0.15) is 0 Å². The van der Waals surface area contributed by atoms with Gasteiger partial charge in [0.05, 0.1) is 59.3 Å². The number of benzene rings is 7. The SMILES string of the molecule is CC.COc1cc(OC)cc(-c2c(-c3c(F)c(F)c(F)c(F)c3F)c(-c3cc(OC)cc(OC)c3)c(-c3c(F)c(F)c(F)c(F)c3F)c(-c3cc(OC)cc(OC)c3)c2-c2c(F)c(F)c(F)c(F)c2F)c1. The summed E-state index contributed by atoms with van der Waals surface area (Å²) in [5, 5.41) is 0. The molecule has 7 aromatic carbocycles. The number of rotatable bonds is 12. The summed E-state index contributed by atoms with van der Waals surface area (Å²) >= 11 is 0. The van der Waals surface area contributed by atoms with Crippen LogP contribution in [0.1, 0.15) is 13.8 Å². The van der Waals surface area contributed by atoms with Gasteiger partial charge in [-0.1, -0.05) is 13.8 Å². The molecule has 6 nitrogen and oxygen atoms in total. The van der Waals surface area contributed by atoms with E-state index in [-0.39, 0.29) is 34.5 Å². The average molecular weight is 1010 g/mol. The van der Waals surface area contributed by atoms with E-state index in [0.29, 0.717) is 0 Å². The quantitative estimate of drug-likeness (QED) is 0.0691. The fraction of sp³-hybridized carbons (Fsp3) is 0.160. The van der Waals surface area contributed by atoms with Gasteiger partial charge in [-0.3, -0.25) is 0 Å². The van der Waals surface area contributed by atoms with Crippen molar-refractivity contribution in [2.24, 2.45) is 0 Å². The number of halogens is 15. The Labute approximate surface area is 393 Å². The molecule has 0 aliphatic heterocycles. The topological polar surface area (TPSA) is 55.4 Å². The summed E-state index contributed by atoms with van der Waals surface area (Å²) in [5.41, 5.74) is -17.8. The minimum Gasteiger partial charge on any atom is -0.497 e. The van der Waals surface area contributed by atoms with Gasteiger partial charge in [0.2, 0.25) is 17.5 Å².